The van der Waals surface area contributed by atoms with E-state index in [1.165, 1.54) is 25.7 Å². The van der Waals surface area contributed by atoms with Crippen LogP contribution >= 0.6 is 0 Å². The van der Waals surface area contributed by atoms with Crippen molar-refractivity contribution >= 4 is 5.78 Å². The maximum absolute atomic E-state index is 9.03. The summed E-state index contributed by atoms with van der Waals surface area (Å²) < 4.78 is 0. The highest BCUT2D eigenvalue weighted by Gasteiger charge is 2.60. The van der Waals surface area contributed by atoms with Crippen molar-refractivity contribution in [1.82, 2.24) is 0 Å². The van der Waals surface area contributed by atoms with E-state index in [1.807, 2.05) is 0 Å². The number of hydrogen-bond acceptors (Lipinski definition) is 0. The van der Waals surface area contributed by atoms with Crippen LogP contribution in [0.25, 0.3) is 0 Å². The van der Waals surface area contributed by atoms with E-state index in [9.17, 15) is 0 Å². The van der Waals surface area contributed by atoms with Crippen LogP contribution in [0.15, 0.2) is 0 Å². The molecule has 0 aromatic heterocycles. The van der Waals surface area contributed by atoms with Gasteiger partial charge in [-0.25, -0.2) is 0 Å². The zero-order valence-corrected chi connectivity index (χ0v) is 4.98. The van der Waals surface area contributed by atoms with Gasteiger partial charge >= 0.3 is 5.78 Å². The van der Waals surface area contributed by atoms with Gasteiger partial charge < -0.3 is 0 Å². The lowest BCUT2D eigenvalue weighted by atomic mass is 10.1. The van der Waals surface area contributed by atoms with Gasteiger partial charge in [0.15, 0.2) is 0 Å². The highest BCUT2D eigenvalue weighted by Crippen LogP contribution is 2.53. The Morgan fingerprint density at radius 3 is 2.00 bits per heavy atom. The van der Waals surface area contributed by atoms with Gasteiger partial charge in [-0.05, 0) is 12.8 Å². The van der Waals surface area contributed by atoms with Crippen LogP contribution in [0, 0.1) is 5.41 Å². The highest BCUT2D eigenvalue weighted by atomic mass is 16.1. The molecule has 0 heterocycles. The zero-order chi connectivity index (χ0) is 5.61. The van der Waals surface area contributed by atoms with Gasteiger partial charge in [0.25, 0.3) is 0 Å². The smallest absolute Gasteiger partial charge is 0.283 e. The molecule has 2 aliphatic carbocycles. The molecule has 0 radical (unpaired) electrons. The first-order valence-electron chi connectivity index (χ1n) is 3.39. The molecule has 1 spiro atoms. The second-order valence-electron chi connectivity index (χ2n) is 3.11. The van der Waals surface area contributed by atoms with Crippen molar-refractivity contribution in [2.24, 2.45) is 5.41 Å². The molecule has 0 saturated heterocycles. The van der Waals surface area contributed by atoms with Gasteiger partial charge in [-0.3, -0.25) is 4.79 Å². The minimum atomic E-state index is 0.375. The van der Waals surface area contributed by atoms with E-state index in [0.29, 0.717) is 5.41 Å². The Morgan fingerprint density at radius 2 is 1.75 bits per heavy atom. The maximum Gasteiger partial charge on any atom is 0.300 e. The van der Waals surface area contributed by atoms with E-state index in [2.05, 4.69) is 0 Å². The van der Waals surface area contributed by atoms with Gasteiger partial charge in [0, 0.05) is 0 Å². The average molecular weight is 111 g/mol. The van der Waals surface area contributed by atoms with Crippen LogP contribution < -0.4 is 0 Å². The third-order valence-corrected chi connectivity index (χ3v) is 2.55. The summed E-state index contributed by atoms with van der Waals surface area (Å²) in [6.45, 7) is 0. The number of carbonyl (C=O) groups excluding carboxylic acids is 1. The standard InChI is InChI=1S/C7H10O/c8-6-5-7(6)3-1-2-4-7/h1-5H2/p+1. The minimum absolute atomic E-state index is 0.375. The first-order chi connectivity index (χ1) is 3.83. The van der Waals surface area contributed by atoms with Crippen LogP contribution in [0.3, 0.4) is 0 Å². The summed E-state index contributed by atoms with van der Waals surface area (Å²) in [5, 5.41) is 0. The second kappa shape index (κ2) is 1.15. The Morgan fingerprint density at radius 1 is 1.25 bits per heavy atom. The SMILES string of the molecule is [OH+]=C1CC12CCCC2. The second-order valence-corrected chi connectivity index (χ2v) is 3.11. The molecule has 0 aliphatic heterocycles. The Kier molecular flexibility index (Phi) is 0.651. The van der Waals surface area contributed by atoms with Gasteiger partial charge in [-0.2, -0.15) is 0 Å². The molecular weight excluding hydrogens is 100 g/mol. The molecule has 2 rings (SSSR count). The molecule has 1 nitrogen and oxygen atoms in total. The van der Waals surface area contributed by atoms with Crippen molar-refractivity contribution in [3.05, 3.63) is 0 Å². The first kappa shape index (κ1) is 4.54. The number of rotatable bonds is 0. The van der Waals surface area contributed by atoms with Crippen LogP contribution in [0.1, 0.15) is 32.1 Å². The Hall–Kier alpha value is -0.330. The normalized spacial score (nSPS) is 31.8. The summed E-state index contributed by atoms with van der Waals surface area (Å²) in [6.07, 6.45) is 6.22. The van der Waals surface area contributed by atoms with Gasteiger partial charge in [-0.1, -0.05) is 12.8 Å². The summed E-state index contributed by atoms with van der Waals surface area (Å²) in [5.41, 5.74) is 0.375. The maximum atomic E-state index is 9.03. The molecule has 1 N–H and O–H groups in total. The summed E-state index contributed by atoms with van der Waals surface area (Å²) in [6, 6.07) is 0. The van der Waals surface area contributed by atoms with Crippen LogP contribution in [0.2, 0.25) is 0 Å². The van der Waals surface area contributed by atoms with Crippen molar-refractivity contribution in [3.63, 3.8) is 0 Å². The van der Waals surface area contributed by atoms with Crippen LogP contribution in [-0.4, -0.2) is 10.6 Å². The van der Waals surface area contributed by atoms with Crippen LogP contribution in [0.4, 0.5) is 0 Å². The first-order valence-corrected chi connectivity index (χ1v) is 3.39. The Labute approximate surface area is 49.1 Å². The summed E-state index contributed by atoms with van der Waals surface area (Å²) in [5.74, 6) is 0.787. The molecule has 44 valence electrons. The van der Waals surface area contributed by atoms with Crippen molar-refractivity contribution in [3.8, 4) is 0 Å². The van der Waals surface area contributed by atoms with Crippen molar-refractivity contribution < 1.29 is 4.79 Å². The summed E-state index contributed by atoms with van der Waals surface area (Å²) in [7, 11) is 0. The van der Waals surface area contributed by atoms with Crippen molar-refractivity contribution in [2.75, 3.05) is 0 Å². The average Bonchev–Trinajstić information content (AvgIpc) is 2.29. The third-order valence-electron chi connectivity index (χ3n) is 2.55. The van der Waals surface area contributed by atoms with Crippen LogP contribution in [0.5, 0.6) is 0 Å². The van der Waals surface area contributed by atoms with E-state index in [4.69, 9.17) is 4.79 Å². The number of hydrogen-bond donors (Lipinski definition) is 0. The third kappa shape index (κ3) is 0.396. The van der Waals surface area contributed by atoms with Gasteiger partial charge in [0.2, 0.25) is 0 Å². The molecule has 2 fully saturated rings. The molecular formula is C7H11O+. The van der Waals surface area contributed by atoms with Gasteiger partial charge in [0.05, 0.1) is 11.8 Å². The van der Waals surface area contributed by atoms with E-state index in [1.54, 1.807) is 0 Å². The van der Waals surface area contributed by atoms with Crippen molar-refractivity contribution in [2.45, 2.75) is 32.1 Å². The Bertz CT molecular complexity index is 131. The summed E-state index contributed by atoms with van der Waals surface area (Å²) in [4.78, 5) is 9.03. The van der Waals surface area contributed by atoms with Gasteiger partial charge in [0.1, 0.15) is 0 Å². The van der Waals surface area contributed by atoms with E-state index < -0.39 is 0 Å². The van der Waals surface area contributed by atoms with E-state index in [-0.39, 0.29) is 0 Å². The topological polar surface area (TPSA) is 21.4 Å². The molecule has 1 heteroatoms. The number of ketones is 1. The molecule has 0 atom stereocenters. The van der Waals surface area contributed by atoms with E-state index >= 15 is 0 Å². The highest BCUT2D eigenvalue weighted by molar-refractivity contribution is 6.01. The largest absolute Gasteiger partial charge is 0.300 e. The predicted octanol–water partition coefficient (Wildman–Crippen LogP) is 1.50. The fraction of sp³-hybridized carbons (Fsp3) is 0.857. The predicted molar refractivity (Wildman–Crippen MR) is 32.5 cm³/mol. The monoisotopic (exact) mass is 111 g/mol. The molecule has 2 saturated carbocycles. The lowest BCUT2D eigenvalue weighted by molar-refractivity contribution is 0.559. The zero-order valence-electron chi connectivity index (χ0n) is 4.98. The van der Waals surface area contributed by atoms with Crippen LogP contribution in [-0.2, 0) is 0 Å². The Balaban J connectivity index is 2.16. The van der Waals surface area contributed by atoms with Crippen molar-refractivity contribution in [1.29, 1.82) is 0 Å². The van der Waals surface area contributed by atoms with E-state index in [0.717, 1.165) is 12.2 Å². The molecule has 0 aromatic rings. The lowest BCUT2D eigenvalue weighted by Crippen LogP contribution is -1.93. The molecule has 0 unspecified atom stereocenters. The minimum Gasteiger partial charge on any atom is -0.283 e. The fourth-order valence-corrected chi connectivity index (χ4v) is 1.79. The molecule has 0 aromatic carbocycles. The molecule has 8 heavy (non-hydrogen) atoms. The van der Waals surface area contributed by atoms with Gasteiger partial charge in [-0.15, -0.1) is 0 Å². The lowest BCUT2D eigenvalue weighted by Gasteiger charge is -1.90. The molecule has 0 bridgehead atoms. The fourth-order valence-electron chi connectivity index (χ4n) is 1.79. The molecule has 2 aliphatic rings. The quantitative estimate of drug-likeness (QED) is 0.422. The summed E-state index contributed by atoms with van der Waals surface area (Å²) >= 11 is 0. The molecule has 0 amide bonds.